The van der Waals surface area contributed by atoms with Crippen LogP contribution in [-0.4, -0.2) is 24.9 Å². The molecule has 104 valence electrons. The van der Waals surface area contributed by atoms with Gasteiger partial charge in [-0.15, -0.1) is 0 Å². The number of rotatable bonds is 4. The standard InChI is InChI=1S/C15H23BO3/c1-6-10-17-13-9-7-8-12(11-13)16-18-14(2,3)15(4,5)19-16/h7-9,11H,6,10H2,1-5H3. The molecule has 19 heavy (non-hydrogen) atoms. The number of hydrogen-bond acceptors (Lipinski definition) is 3. The first kappa shape index (κ1) is 14.4. The van der Waals surface area contributed by atoms with Crippen LogP contribution in [0.3, 0.4) is 0 Å². The van der Waals surface area contributed by atoms with Gasteiger partial charge in [0, 0.05) is 0 Å². The van der Waals surface area contributed by atoms with Crippen molar-refractivity contribution in [1.29, 1.82) is 0 Å². The predicted molar refractivity (Wildman–Crippen MR) is 77.9 cm³/mol. The number of ether oxygens (including phenoxy) is 1. The van der Waals surface area contributed by atoms with Gasteiger partial charge < -0.3 is 14.0 Å². The van der Waals surface area contributed by atoms with Crippen molar-refractivity contribution >= 4 is 12.6 Å². The molecule has 1 saturated heterocycles. The van der Waals surface area contributed by atoms with E-state index in [1.807, 2.05) is 24.3 Å². The molecule has 1 aromatic rings. The van der Waals surface area contributed by atoms with E-state index in [-0.39, 0.29) is 18.3 Å². The van der Waals surface area contributed by atoms with E-state index in [9.17, 15) is 0 Å². The van der Waals surface area contributed by atoms with Crippen LogP contribution in [0.5, 0.6) is 5.75 Å². The first-order chi connectivity index (χ1) is 8.86. The maximum atomic E-state index is 6.03. The first-order valence-electron chi connectivity index (χ1n) is 6.94. The molecule has 2 rings (SSSR count). The molecule has 4 heteroatoms. The fraction of sp³-hybridized carbons (Fsp3) is 0.600. The van der Waals surface area contributed by atoms with E-state index in [1.54, 1.807) is 0 Å². The maximum Gasteiger partial charge on any atom is 0.494 e. The van der Waals surface area contributed by atoms with E-state index in [0.29, 0.717) is 0 Å². The molecular formula is C15H23BO3. The van der Waals surface area contributed by atoms with Crippen molar-refractivity contribution in [3.05, 3.63) is 24.3 Å². The summed E-state index contributed by atoms with van der Waals surface area (Å²) in [6, 6.07) is 7.95. The smallest absolute Gasteiger partial charge is 0.494 e. The Bertz CT molecular complexity index is 427. The van der Waals surface area contributed by atoms with Crippen LogP contribution in [-0.2, 0) is 9.31 Å². The summed E-state index contributed by atoms with van der Waals surface area (Å²) < 4.78 is 17.7. The second-order valence-corrected chi connectivity index (χ2v) is 6.01. The minimum Gasteiger partial charge on any atom is -0.494 e. The third-order valence-electron chi connectivity index (χ3n) is 3.86. The minimum atomic E-state index is -0.324. The first-order valence-corrected chi connectivity index (χ1v) is 6.94. The van der Waals surface area contributed by atoms with Gasteiger partial charge in [-0.05, 0) is 51.7 Å². The van der Waals surface area contributed by atoms with E-state index in [4.69, 9.17) is 14.0 Å². The Morgan fingerprint density at radius 1 is 1.11 bits per heavy atom. The van der Waals surface area contributed by atoms with E-state index in [0.717, 1.165) is 24.2 Å². The van der Waals surface area contributed by atoms with E-state index in [2.05, 4.69) is 34.6 Å². The third-order valence-corrected chi connectivity index (χ3v) is 3.86. The van der Waals surface area contributed by atoms with Gasteiger partial charge in [-0.2, -0.15) is 0 Å². The zero-order chi connectivity index (χ0) is 14.1. The van der Waals surface area contributed by atoms with Crippen molar-refractivity contribution in [1.82, 2.24) is 0 Å². The third kappa shape index (κ3) is 2.95. The Labute approximate surface area is 116 Å². The van der Waals surface area contributed by atoms with Crippen LogP contribution in [0.4, 0.5) is 0 Å². The van der Waals surface area contributed by atoms with Crippen LogP contribution in [0.1, 0.15) is 41.0 Å². The summed E-state index contributed by atoms with van der Waals surface area (Å²) >= 11 is 0. The zero-order valence-electron chi connectivity index (χ0n) is 12.5. The van der Waals surface area contributed by atoms with Gasteiger partial charge in [0.25, 0.3) is 0 Å². The molecule has 0 spiro atoms. The van der Waals surface area contributed by atoms with Crippen molar-refractivity contribution in [3.8, 4) is 5.75 Å². The molecule has 0 amide bonds. The summed E-state index contributed by atoms with van der Waals surface area (Å²) in [6.07, 6.45) is 1.00. The molecule has 0 unspecified atom stereocenters. The van der Waals surface area contributed by atoms with E-state index >= 15 is 0 Å². The highest BCUT2D eigenvalue weighted by molar-refractivity contribution is 6.62. The summed E-state index contributed by atoms with van der Waals surface area (Å²) in [7, 11) is -0.324. The van der Waals surface area contributed by atoms with Crippen LogP contribution < -0.4 is 10.2 Å². The Morgan fingerprint density at radius 2 is 1.74 bits per heavy atom. The lowest BCUT2D eigenvalue weighted by molar-refractivity contribution is 0.00578. The quantitative estimate of drug-likeness (QED) is 0.781. The second-order valence-electron chi connectivity index (χ2n) is 6.01. The molecule has 1 heterocycles. The van der Waals surface area contributed by atoms with Crippen LogP contribution >= 0.6 is 0 Å². The van der Waals surface area contributed by atoms with Crippen molar-refractivity contribution in [2.24, 2.45) is 0 Å². The lowest BCUT2D eigenvalue weighted by Gasteiger charge is -2.32. The Kier molecular flexibility index (Phi) is 3.93. The summed E-state index contributed by atoms with van der Waals surface area (Å²) in [5, 5.41) is 0. The van der Waals surface area contributed by atoms with E-state index < -0.39 is 0 Å². The van der Waals surface area contributed by atoms with E-state index in [1.165, 1.54) is 0 Å². The highest BCUT2D eigenvalue weighted by atomic mass is 16.7. The Hall–Kier alpha value is -0.995. The van der Waals surface area contributed by atoms with Gasteiger partial charge in [-0.25, -0.2) is 0 Å². The molecule has 0 atom stereocenters. The van der Waals surface area contributed by atoms with Crippen LogP contribution in [0.25, 0.3) is 0 Å². The zero-order valence-corrected chi connectivity index (χ0v) is 12.5. The van der Waals surface area contributed by atoms with Gasteiger partial charge in [-0.3, -0.25) is 0 Å². The molecule has 0 aromatic heterocycles. The molecule has 1 aromatic carbocycles. The maximum absolute atomic E-state index is 6.03. The fourth-order valence-corrected chi connectivity index (χ4v) is 1.95. The molecule has 0 N–H and O–H groups in total. The highest BCUT2D eigenvalue weighted by Crippen LogP contribution is 2.36. The molecule has 0 radical (unpaired) electrons. The van der Waals surface area contributed by atoms with Gasteiger partial charge in [0.1, 0.15) is 5.75 Å². The summed E-state index contributed by atoms with van der Waals surface area (Å²) in [6.45, 7) is 11.1. The van der Waals surface area contributed by atoms with Crippen molar-refractivity contribution < 1.29 is 14.0 Å². The van der Waals surface area contributed by atoms with Gasteiger partial charge in [0.05, 0.1) is 17.8 Å². The average molecular weight is 262 g/mol. The van der Waals surface area contributed by atoms with Crippen molar-refractivity contribution in [3.63, 3.8) is 0 Å². The minimum absolute atomic E-state index is 0.308. The van der Waals surface area contributed by atoms with Gasteiger partial charge in [-0.1, -0.05) is 19.1 Å². The van der Waals surface area contributed by atoms with Crippen molar-refractivity contribution in [2.75, 3.05) is 6.61 Å². The number of benzene rings is 1. The van der Waals surface area contributed by atoms with Gasteiger partial charge in [0.2, 0.25) is 0 Å². The molecule has 1 aliphatic rings. The average Bonchev–Trinajstić information content (AvgIpc) is 2.56. The Balaban J connectivity index is 2.15. The predicted octanol–water partition coefficient (Wildman–Crippen LogP) is 2.77. The molecular weight excluding hydrogens is 239 g/mol. The summed E-state index contributed by atoms with van der Waals surface area (Å²) in [4.78, 5) is 0. The lowest BCUT2D eigenvalue weighted by atomic mass is 9.79. The van der Waals surface area contributed by atoms with Crippen molar-refractivity contribution in [2.45, 2.75) is 52.2 Å². The molecule has 0 aliphatic carbocycles. The summed E-state index contributed by atoms with van der Waals surface area (Å²) in [5.41, 5.74) is 0.392. The molecule has 1 aliphatic heterocycles. The normalized spacial score (nSPS) is 20.6. The van der Waals surface area contributed by atoms with Crippen LogP contribution in [0, 0.1) is 0 Å². The topological polar surface area (TPSA) is 27.7 Å². The van der Waals surface area contributed by atoms with Gasteiger partial charge in [0.15, 0.2) is 0 Å². The monoisotopic (exact) mass is 262 g/mol. The molecule has 3 nitrogen and oxygen atoms in total. The largest absolute Gasteiger partial charge is 0.494 e. The highest BCUT2D eigenvalue weighted by Gasteiger charge is 2.51. The van der Waals surface area contributed by atoms with Crippen LogP contribution in [0.2, 0.25) is 0 Å². The Morgan fingerprint density at radius 3 is 2.32 bits per heavy atom. The number of hydrogen-bond donors (Lipinski definition) is 0. The molecule has 0 saturated carbocycles. The molecule has 0 bridgehead atoms. The molecule has 1 fully saturated rings. The van der Waals surface area contributed by atoms with Crippen LogP contribution in [0.15, 0.2) is 24.3 Å². The lowest BCUT2D eigenvalue weighted by Crippen LogP contribution is -2.41. The SMILES string of the molecule is CCCOc1cccc(B2OC(C)(C)C(C)(C)O2)c1. The van der Waals surface area contributed by atoms with Gasteiger partial charge >= 0.3 is 7.12 Å². The fourth-order valence-electron chi connectivity index (χ4n) is 1.95. The summed E-state index contributed by atoms with van der Waals surface area (Å²) in [5.74, 6) is 0.870. The second kappa shape index (κ2) is 5.18.